The molecule has 0 aliphatic carbocycles. The van der Waals surface area contributed by atoms with Gasteiger partial charge in [-0.15, -0.1) is 0 Å². The molecule has 0 bridgehead atoms. The van der Waals surface area contributed by atoms with Gasteiger partial charge in [-0.3, -0.25) is 9.59 Å². The van der Waals surface area contributed by atoms with E-state index in [-0.39, 0.29) is 32.0 Å². The summed E-state index contributed by atoms with van der Waals surface area (Å²) in [6.07, 6.45) is 0.572. The molecular formula is C17H22F3NO3. The summed E-state index contributed by atoms with van der Waals surface area (Å²) in [4.78, 5) is 25.2. The van der Waals surface area contributed by atoms with Crippen molar-refractivity contribution in [2.75, 3.05) is 19.7 Å². The molecule has 7 heteroatoms. The van der Waals surface area contributed by atoms with Gasteiger partial charge in [-0.1, -0.05) is 13.8 Å². The van der Waals surface area contributed by atoms with E-state index in [1.165, 1.54) is 4.90 Å². The van der Waals surface area contributed by atoms with E-state index in [9.17, 15) is 22.8 Å². The van der Waals surface area contributed by atoms with Gasteiger partial charge in [0.1, 0.15) is 0 Å². The van der Waals surface area contributed by atoms with E-state index in [0.717, 1.165) is 6.07 Å². The first-order valence-electron chi connectivity index (χ1n) is 7.86. The third kappa shape index (κ3) is 5.54. The zero-order valence-electron chi connectivity index (χ0n) is 14.1. The number of halogens is 3. The molecule has 1 rings (SSSR count). The topological polar surface area (TPSA) is 46.6 Å². The Balaban J connectivity index is 2.94. The lowest BCUT2D eigenvalue weighted by molar-refractivity contribution is -0.143. The van der Waals surface area contributed by atoms with E-state index >= 15 is 0 Å². The van der Waals surface area contributed by atoms with Crippen molar-refractivity contribution in [3.8, 4) is 0 Å². The van der Waals surface area contributed by atoms with E-state index < -0.39 is 34.9 Å². The van der Waals surface area contributed by atoms with Crippen LogP contribution in [-0.4, -0.2) is 36.5 Å². The highest BCUT2D eigenvalue weighted by molar-refractivity contribution is 5.94. The summed E-state index contributed by atoms with van der Waals surface area (Å²) >= 11 is 0. The quantitative estimate of drug-likeness (QED) is 0.535. The van der Waals surface area contributed by atoms with E-state index in [1.807, 2.05) is 13.8 Å². The van der Waals surface area contributed by atoms with Crippen LogP contribution in [0.3, 0.4) is 0 Å². The predicted molar refractivity (Wildman–Crippen MR) is 82.9 cm³/mol. The molecule has 0 radical (unpaired) electrons. The van der Waals surface area contributed by atoms with Crippen LogP contribution in [0.15, 0.2) is 12.1 Å². The Labute approximate surface area is 139 Å². The highest BCUT2D eigenvalue weighted by Gasteiger charge is 2.24. The van der Waals surface area contributed by atoms with Gasteiger partial charge in [-0.2, -0.15) is 0 Å². The van der Waals surface area contributed by atoms with Crippen molar-refractivity contribution in [2.45, 2.75) is 33.6 Å². The maximum Gasteiger partial charge on any atom is 0.307 e. The molecule has 0 saturated carbocycles. The Morgan fingerprint density at radius 1 is 1.12 bits per heavy atom. The Morgan fingerprint density at radius 2 is 1.79 bits per heavy atom. The van der Waals surface area contributed by atoms with Gasteiger partial charge in [-0.25, -0.2) is 13.2 Å². The van der Waals surface area contributed by atoms with Crippen LogP contribution in [0, 0.1) is 23.4 Å². The molecule has 0 aliphatic heterocycles. The fourth-order valence-electron chi connectivity index (χ4n) is 2.05. The molecule has 0 atom stereocenters. The largest absolute Gasteiger partial charge is 0.466 e. The molecule has 0 N–H and O–H groups in total. The summed E-state index contributed by atoms with van der Waals surface area (Å²) in [7, 11) is 0. The number of esters is 1. The van der Waals surface area contributed by atoms with Gasteiger partial charge in [0.25, 0.3) is 5.91 Å². The highest BCUT2D eigenvalue weighted by Crippen LogP contribution is 2.18. The SMILES string of the molecule is CCOC(=O)CCN(CCC(C)C)C(=O)c1ccc(F)c(F)c1F. The Kier molecular flexibility index (Phi) is 7.74. The van der Waals surface area contributed by atoms with Crippen molar-refractivity contribution in [3.05, 3.63) is 35.1 Å². The van der Waals surface area contributed by atoms with Crippen LogP contribution in [0.5, 0.6) is 0 Å². The lowest BCUT2D eigenvalue weighted by atomic mass is 10.1. The lowest BCUT2D eigenvalue weighted by Crippen LogP contribution is -2.35. The molecule has 4 nitrogen and oxygen atoms in total. The number of benzene rings is 1. The molecule has 0 aliphatic rings. The monoisotopic (exact) mass is 345 g/mol. The molecule has 0 unspecified atom stereocenters. The number of hydrogen-bond acceptors (Lipinski definition) is 3. The lowest BCUT2D eigenvalue weighted by Gasteiger charge is -2.23. The van der Waals surface area contributed by atoms with E-state index in [4.69, 9.17) is 4.74 Å². The molecule has 1 aromatic carbocycles. The summed E-state index contributed by atoms with van der Waals surface area (Å²) in [5.74, 6) is -5.55. The normalized spacial score (nSPS) is 10.8. The fraction of sp³-hybridized carbons (Fsp3) is 0.529. The first kappa shape index (κ1) is 20.0. The number of amides is 1. The smallest absolute Gasteiger partial charge is 0.307 e. The van der Waals surface area contributed by atoms with Crippen LogP contribution in [0.2, 0.25) is 0 Å². The molecule has 0 fully saturated rings. The Hall–Kier alpha value is -2.05. The van der Waals surface area contributed by atoms with E-state index in [0.29, 0.717) is 12.5 Å². The average molecular weight is 345 g/mol. The maximum absolute atomic E-state index is 13.8. The third-order valence-corrected chi connectivity index (χ3v) is 3.42. The molecular weight excluding hydrogens is 323 g/mol. The minimum Gasteiger partial charge on any atom is -0.466 e. The minimum absolute atomic E-state index is 0.0167. The van der Waals surface area contributed by atoms with Crippen LogP contribution >= 0.6 is 0 Å². The van der Waals surface area contributed by atoms with Crippen LogP contribution in [0.25, 0.3) is 0 Å². The van der Waals surface area contributed by atoms with Gasteiger partial charge in [0.2, 0.25) is 0 Å². The zero-order valence-corrected chi connectivity index (χ0v) is 14.1. The van der Waals surface area contributed by atoms with Gasteiger partial charge in [0.05, 0.1) is 18.6 Å². The van der Waals surface area contributed by atoms with Crippen LogP contribution in [0.1, 0.15) is 44.0 Å². The van der Waals surface area contributed by atoms with Crippen molar-refractivity contribution >= 4 is 11.9 Å². The molecule has 24 heavy (non-hydrogen) atoms. The van der Waals surface area contributed by atoms with E-state index in [1.54, 1.807) is 6.92 Å². The van der Waals surface area contributed by atoms with Crippen molar-refractivity contribution in [3.63, 3.8) is 0 Å². The van der Waals surface area contributed by atoms with Crippen molar-refractivity contribution < 1.29 is 27.5 Å². The minimum atomic E-state index is -1.69. The molecule has 1 amide bonds. The number of nitrogens with zero attached hydrogens (tertiary/aromatic N) is 1. The van der Waals surface area contributed by atoms with Gasteiger partial charge >= 0.3 is 5.97 Å². The maximum atomic E-state index is 13.8. The number of rotatable bonds is 8. The fourth-order valence-corrected chi connectivity index (χ4v) is 2.05. The van der Waals surface area contributed by atoms with Crippen LogP contribution < -0.4 is 0 Å². The van der Waals surface area contributed by atoms with E-state index in [2.05, 4.69) is 0 Å². The van der Waals surface area contributed by atoms with Crippen molar-refractivity contribution in [1.82, 2.24) is 4.90 Å². The second kappa shape index (κ2) is 9.30. The van der Waals surface area contributed by atoms with Gasteiger partial charge < -0.3 is 9.64 Å². The third-order valence-electron chi connectivity index (χ3n) is 3.42. The first-order chi connectivity index (χ1) is 11.3. The molecule has 134 valence electrons. The molecule has 1 aromatic rings. The van der Waals surface area contributed by atoms with Gasteiger partial charge in [0, 0.05) is 13.1 Å². The second-order valence-electron chi connectivity index (χ2n) is 5.75. The standard InChI is InChI=1S/C17H22F3NO3/c1-4-24-14(22)8-10-21(9-7-11(2)3)17(23)12-5-6-13(18)16(20)15(12)19/h5-6,11H,4,7-10H2,1-3H3. The summed E-state index contributed by atoms with van der Waals surface area (Å²) in [6.45, 7) is 6.07. The van der Waals surface area contributed by atoms with Crippen molar-refractivity contribution in [2.24, 2.45) is 5.92 Å². The molecule has 0 aromatic heterocycles. The molecule has 0 saturated heterocycles. The zero-order chi connectivity index (χ0) is 18.3. The second-order valence-corrected chi connectivity index (χ2v) is 5.75. The number of hydrogen-bond donors (Lipinski definition) is 0. The Bertz CT molecular complexity index is 591. The summed E-state index contributed by atoms with van der Waals surface area (Å²) in [5, 5.41) is 0. The van der Waals surface area contributed by atoms with Crippen molar-refractivity contribution in [1.29, 1.82) is 0 Å². The van der Waals surface area contributed by atoms with Gasteiger partial charge in [0.15, 0.2) is 17.5 Å². The molecule has 0 heterocycles. The number of carbonyl (C=O) groups excluding carboxylic acids is 2. The first-order valence-corrected chi connectivity index (χ1v) is 7.86. The summed E-state index contributed by atoms with van der Waals surface area (Å²) < 4.78 is 45.0. The summed E-state index contributed by atoms with van der Waals surface area (Å²) in [6, 6.07) is 1.61. The average Bonchev–Trinajstić information content (AvgIpc) is 2.52. The van der Waals surface area contributed by atoms with Gasteiger partial charge in [-0.05, 0) is 31.4 Å². The van der Waals surface area contributed by atoms with Crippen LogP contribution in [0.4, 0.5) is 13.2 Å². The highest BCUT2D eigenvalue weighted by atomic mass is 19.2. The molecule has 0 spiro atoms. The number of carbonyl (C=O) groups is 2. The number of ether oxygens (including phenoxy) is 1. The predicted octanol–water partition coefficient (Wildman–Crippen LogP) is 3.55. The van der Waals surface area contributed by atoms with Crippen LogP contribution in [-0.2, 0) is 9.53 Å². The summed E-state index contributed by atoms with van der Waals surface area (Å²) in [5.41, 5.74) is -0.554. The Morgan fingerprint density at radius 3 is 2.38 bits per heavy atom.